The number of thiol groups is 1. The minimum absolute atomic E-state index is 0.154. The van der Waals surface area contributed by atoms with Gasteiger partial charge in [0.1, 0.15) is 0 Å². The normalized spacial score (nSPS) is 10.3. The number of hydrogen-bond donors (Lipinski definition) is 2. The third-order valence-corrected chi connectivity index (χ3v) is 4.22. The number of hydrogen-bond acceptors (Lipinski definition) is 3. The van der Waals surface area contributed by atoms with Crippen LogP contribution < -0.4 is 5.32 Å². The SMILES string of the molecule is CSc1ccccc1NC(=O)c1ccc(Br)cc1S. The standard InChI is InChI=1S/C14H12BrNOS2/c1-19-13-5-3-2-4-11(13)16-14(17)10-7-6-9(15)8-12(10)18/h2-8,18H,1H3,(H,16,17). The molecule has 0 radical (unpaired) electrons. The van der Waals surface area contributed by atoms with Gasteiger partial charge in [0.2, 0.25) is 0 Å². The number of thioether (sulfide) groups is 1. The maximum Gasteiger partial charge on any atom is 0.256 e. The second-order valence-electron chi connectivity index (χ2n) is 3.82. The first-order chi connectivity index (χ1) is 9.11. The van der Waals surface area contributed by atoms with Crippen molar-refractivity contribution >= 4 is 51.9 Å². The van der Waals surface area contributed by atoms with Gasteiger partial charge in [0, 0.05) is 14.3 Å². The largest absolute Gasteiger partial charge is 0.321 e. The summed E-state index contributed by atoms with van der Waals surface area (Å²) >= 11 is 9.28. The highest BCUT2D eigenvalue weighted by Crippen LogP contribution is 2.26. The molecule has 0 saturated carbocycles. The Balaban J connectivity index is 2.26. The van der Waals surface area contributed by atoms with E-state index >= 15 is 0 Å². The van der Waals surface area contributed by atoms with Gasteiger partial charge in [0.05, 0.1) is 11.3 Å². The molecule has 0 atom stereocenters. The summed E-state index contributed by atoms with van der Waals surface area (Å²) in [5.41, 5.74) is 1.37. The van der Waals surface area contributed by atoms with Crippen LogP contribution in [-0.4, -0.2) is 12.2 Å². The van der Waals surface area contributed by atoms with Crippen molar-refractivity contribution in [2.45, 2.75) is 9.79 Å². The van der Waals surface area contributed by atoms with Gasteiger partial charge < -0.3 is 5.32 Å². The highest BCUT2D eigenvalue weighted by molar-refractivity contribution is 9.10. The molecule has 0 aliphatic carbocycles. The topological polar surface area (TPSA) is 29.1 Å². The molecule has 2 aromatic carbocycles. The van der Waals surface area contributed by atoms with Crippen LogP contribution in [0.2, 0.25) is 0 Å². The first-order valence-corrected chi connectivity index (χ1v) is 8.01. The molecule has 0 aromatic heterocycles. The first-order valence-electron chi connectivity index (χ1n) is 5.54. The van der Waals surface area contributed by atoms with Crippen molar-refractivity contribution in [3.8, 4) is 0 Å². The Hall–Kier alpha value is -0.910. The van der Waals surface area contributed by atoms with E-state index < -0.39 is 0 Å². The molecule has 19 heavy (non-hydrogen) atoms. The van der Waals surface area contributed by atoms with Gasteiger partial charge in [-0.15, -0.1) is 24.4 Å². The van der Waals surface area contributed by atoms with E-state index in [1.165, 1.54) is 0 Å². The number of rotatable bonds is 3. The molecule has 1 N–H and O–H groups in total. The van der Waals surface area contributed by atoms with E-state index in [2.05, 4.69) is 33.9 Å². The van der Waals surface area contributed by atoms with E-state index in [4.69, 9.17) is 0 Å². The molecule has 0 aliphatic heterocycles. The molecular formula is C14H12BrNOS2. The van der Waals surface area contributed by atoms with Gasteiger partial charge >= 0.3 is 0 Å². The average Bonchev–Trinajstić information content (AvgIpc) is 2.39. The first kappa shape index (κ1) is 14.5. The molecule has 1 amide bonds. The lowest BCUT2D eigenvalue weighted by Gasteiger charge is -2.10. The monoisotopic (exact) mass is 353 g/mol. The molecule has 0 spiro atoms. The van der Waals surface area contributed by atoms with Crippen LogP contribution in [0.4, 0.5) is 5.69 Å². The van der Waals surface area contributed by atoms with Gasteiger partial charge in [-0.25, -0.2) is 0 Å². The molecule has 0 heterocycles. The molecule has 2 aromatic rings. The predicted octanol–water partition coefficient (Wildman–Crippen LogP) is 4.71. The van der Waals surface area contributed by atoms with Gasteiger partial charge in [-0.05, 0) is 36.6 Å². The van der Waals surface area contributed by atoms with E-state index in [1.54, 1.807) is 23.9 Å². The van der Waals surface area contributed by atoms with E-state index in [0.717, 1.165) is 15.1 Å². The van der Waals surface area contributed by atoms with Crippen LogP contribution in [0.3, 0.4) is 0 Å². The molecular weight excluding hydrogens is 342 g/mol. The third-order valence-electron chi connectivity index (χ3n) is 2.56. The molecule has 0 unspecified atom stereocenters. The van der Waals surface area contributed by atoms with Crippen LogP contribution in [0.15, 0.2) is 56.7 Å². The van der Waals surface area contributed by atoms with Gasteiger partial charge in [-0.1, -0.05) is 28.1 Å². The summed E-state index contributed by atoms with van der Waals surface area (Å²) in [7, 11) is 0. The molecule has 5 heteroatoms. The quantitative estimate of drug-likeness (QED) is 0.617. The maximum absolute atomic E-state index is 12.2. The number of benzene rings is 2. The van der Waals surface area contributed by atoms with E-state index in [0.29, 0.717) is 10.5 Å². The number of carbonyl (C=O) groups is 1. The fourth-order valence-electron chi connectivity index (χ4n) is 1.63. The molecule has 2 nitrogen and oxygen atoms in total. The fraction of sp³-hybridized carbons (Fsp3) is 0.0714. The number of anilines is 1. The lowest BCUT2D eigenvalue weighted by molar-refractivity contribution is 0.102. The molecule has 0 fully saturated rings. The molecule has 0 aliphatic rings. The fourth-order valence-corrected chi connectivity index (χ4v) is 3.04. The van der Waals surface area contributed by atoms with E-state index in [1.807, 2.05) is 36.6 Å². The number of nitrogens with one attached hydrogen (secondary N) is 1. The Kier molecular flexibility index (Phi) is 4.96. The highest BCUT2D eigenvalue weighted by atomic mass is 79.9. The van der Waals surface area contributed by atoms with Gasteiger partial charge in [-0.3, -0.25) is 4.79 Å². The maximum atomic E-state index is 12.2. The van der Waals surface area contributed by atoms with Crippen LogP contribution in [-0.2, 0) is 0 Å². The Morgan fingerprint density at radius 1 is 1.26 bits per heavy atom. The summed E-state index contributed by atoms with van der Waals surface area (Å²) in [6.45, 7) is 0. The molecule has 98 valence electrons. The highest BCUT2D eigenvalue weighted by Gasteiger charge is 2.11. The number of para-hydroxylation sites is 1. The van der Waals surface area contributed by atoms with Crippen molar-refractivity contribution < 1.29 is 4.79 Å². The average molecular weight is 354 g/mol. The van der Waals surface area contributed by atoms with Crippen LogP contribution in [0.1, 0.15) is 10.4 Å². The second kappa shape index (κ2) is 6.50. The molecule has 2 rings (SSSR count). The van der Waals surface area contributed by atoms with Crippen molar-refractivity contribution in [2.24, 2.45) is 0 Å². The zero-order chi connectivity index (χ0) is 13.8. The number of halogens is 1. The van der Waals surface area contributed by atoms with E-state index in [-0.39, 0.29) is 5.91 Å². The lowest BCUT2D eigenvalue weighted by Crippen LogP contribution is -2.13. The van der Waals surface area contributed by atoms with Crippen molar-refractivity contribution in [2.75, 3.05) is 11.6 Å². The summed E-state index contributed by atoms with van der Waals surface area (Å²) < 4.78 is 0.901. The summed E-state index contributed by atoms with van der Waals surface area (Å²) in [5, 5.41) is 2.91. The van der Waals surface area contributed by atoms with Gasteiger partial charge in [0.25, 0.3) is 5.91 Å². The van der Waals surface area contributed by atoms with Gasteiger partial charge in [0.15, 0.2) is 0 Å². The summed E-state index contributed by atoms with van der Waals surface area (Å²) in [6, 6.07) is 13.1. The van der Waals surface area contributed by atoms with Crippen LogP contribution in [0, 0.1) is 0 Å². The van der Waals surface area contributed by atoms with Gasteiger partial charge in [-0.2, -0.15) is 0 Å². The van der Waals surface area contributed by atoms with E-state index in [9.17, 15) is 4.79 Å². The zero-order valence-electron chi connectivity index (χ0n) is 10.2. The number of amides is 1. The summed E-state index contributed by atoms with van der Waals surface area (Å²) in [4.78, 5) is 13.9. The molecule has 0 bridgehead atoms. The van der Waals surface area contributed by atoms with Crippen molar-refractivity contribution in [1.29, 1.82) is 0 Å². The minimum atomic E-state index is -0.154. The zero-order valence-corrected chi connectivity index (χ0v) is 13.5. The second-order valence-corrected chi connectivity index (χ2v) is 6.06. The summed E-state index contributed by atoms with van der Waals surface area (Å²) in [6.07, 6.45) is 1.98. The van der Waals surface area contributed by atoms with Crippen LogP contribution in [0.5, 0.6) is 0 Å². The van der Waals surface area contributed by atoms with Crippen molar-refractivity contribution in [3.05, 3.63) is 52.5 Å². The predicted molar refractivity (Wildman–Crippen MR) is 87.6 cm³/mol. The minimum Gasteiger partial charge on any atom is -0.321 e. The Bertz CT molecular complexity index is 616. The third kappa shape index (κ3) is 3.55. The Labute approximate surface area is 130 Å². The molecule has 0 saturated heterocycles. The lowest BCUT2D eigenvalue weighted by atomic mass is 10.2. The van der Waals surface area contributed by atoms with Crippen molar-refractivity contribution in [1.82, 2.24) is 0 Å². The summed E-state index contributed by atoms with van der Waals surface area (Å²) in [5.74, 6) is -0.154. The number of carbonyl (C=O) groups excluding carboxylic acids is 1. The van der Waals surface area contributed by atoms with Crippen LogP contribution in [0.25, 0.3) is 0 Å². The Morgan fingerprint density at radius 3 is 2.68 bits per heavy atom. The van der Waals surface area contributed by atoms with Crippen molar-refractivity contribution in [3.63, 3.8) is 0 Å². The smallest absolute Gasteiger partial charge is 0.256 e. The Morgan fingerprint density at radius 2 is 2.00 bits per heavy atom. The van der Waals surface area contributed by atoms with Crippen LogP contribution >= 0.6 is 40.3 Å².